The largest absolute Gasteiger partial charge is 0.486 e. The number of furan rings is 1. The number of aromatic nitrogens is 1. The molecular formula is C21H17ClN2O4. The lowest BCUT2D eigenvalue weighted by atomic mass is 10.3. The maximum absolute atomic E-state index is 12.4. The predicted molar refractivity (Wildman–Crippen MR) is 104 cm³/mol. The Morgan fingerprint density at radius 1 is 1.14 bits per heavy atom. The van der Waals surface area contributed by atoms with Crippen molar-refractivity contribution in [3.8, 4) is 5.75 Å². The van der Waals surface area contributed by atoms with Crippen molar-refractivity contribution in [2.45, 2.75) is 19.6 Å². The van der Waals surface area contributed by atoms with Gasteiger partial charge in [-0.15, -0.1) is 0 Å². The van der Waals surface area contributed by atoms with Gasteiger partial charge in [0.2, 0.25) is 5.89 Å². The van der Waals surface area contributed by atoms with Crippen molar-refractivity contribution in [1.29, 1.82) is 0 Å². The molecule has 0 aliphatic heterocycles. The van der Waals surface area contributed by atoms with Crippen LogP contribution in [0, 0.1) is 0 Å². The first-order valence-electron chi connectivity index (χ1n) is 8.72. The lowest BCUT2D eigenvalue weighted by Gasteiger charge is -2.08. The fraction of sp³-hybridized carbons (Fsp3) is 0.143. The molecule has 0 aliphatic carbocycles. The Balaban J connectivity index is 1.38. The summed E-state index contributed by atoms with van der Waals surface area (Å²) in [6, 6.07) is 17.4. The number of nitrogens with one attached hydrogen (secondary N) is 1. The van der Waals surface area contributed by atoms with Gasteiger partial charge in [-0.05, 0) is 49.4 Å². The fourth-order valence-electron chi connectivity index (χ4n) is 2.69. The highest BCUT2D eigenvalue weighted by atomic mass is 35.5. The molecule has 1 atom stereocenters. The summed E-state index contributed by atoms with van der Waals surface area (Å²) in [6.45, 7) is 1.99. The maximum Gasteiger partial charge on any atom is 0.287 e. The van der Waals surface area contributed by atoms with Crippen LogP contribution in [0.3, 0.4) is 0 Å². The molecule has 0 saturated carbocycles. The van der Waals surface area contributed by atoms with Crippen LogP contribution in [0.15, 0.2) is 69.5 Å². The number of oxazole rings is 1. The number of halogens is 1. The summed E-state index contributed by atoms with van der Waals surface area (Å²) in [5, 5.41) is 3.41. The zero-order valence-corrected chi connectivity index (χ0v) is 15.8. The lowest BCUT2D eigenvalue weighted by Crippen LogP contribution is -2.26. The van der Waals surface area contributed by atoms with Gasteiger partial charge in [0, 0.05) is 5.02 Å². The minimum absolute atomic E-state index is 0.188. The summed E-state index contributed by atoms with van der Waals surface area (Å²) < 4.78 is 16.9. The molecule has 0 spiro atoms. The molecule has 142 valence electrons. The predicted octanol–water partition coefficient (Wildman–Crippen LogP) is 5.14. The quantitative estimate of drug-likeness (QED) is 0.488. The van der Waals surface area contributed by atoms with E-state index >= 15 is 0 Å². The summed E-state index contributed by atoms with van der Waals surface area (Å²) in [6.07, 6.45) is 0. The molecule has 1 N–H and O–H groups in total. The van der Waals surface area contributed by atoms with Crippen LogP contribution >= 0.6 is 11.6 Å². The molecule has 1 amide bonds. The molecule has 1 unspecified atom stereocenters. The highest BCUT2D eigenvalue weighted by molar-refractivity contribution is 6.30. The number of hydrogen-bond donors (Lipinski definition) is 1. The number of fused-ring (bicyclic) bond motifs is 1. The van der Waals surface area contributed by atoms with Gasteiger partial charge in [0.1, 0.15) is 29.7 Å². The third-order valence-electron chi connectivity index (χ3n) is 4.09. The molecule has 28 heavy (non-hydrogen) atoms. The van der Waals surface area contributed by atoms with Crippen molar-refractivity contribution >= 4 is 28.6 Å². The van der Waals surface area contributed by atoms with Gasteiger partial charge in [-0.1, -0.05) is 29.8 Å². The van der Waals surface area contributed by atoms with E-state index in [9.17, 15) is 4.79 Å². The van der Waals surface area contributed by atoms with Crippen LogP contribution < -0.4 is 10.1 Å². The molecule has 6 nitrogen and oxygen atoms in total. The van der Waals surface area contributed by atoms with E-state index in [2.05, 4.69) is 10.3 Å². The fourth-order valence-corrected chi connectivity index (χ4v) is 2.87. The molecule has 2 aromatic heterocycles. The first kappa shape index (κ1) is 18.1. The number of amides is 1. The monoisotopic (exact) mass is 396 g/mol. The van der Waals surface area contributed by atoms with E-state index in [1.165, 1.54) is 0 Å². The molecule has 0 aliphatic rings. The van der Waals surface area contributed by atoms with E-state index in [4.69, 9.17) is 25.2 Å². The standard InChI is InChI=1S/C21H17ClN2O4/c1-13(21-24-17-7-2-3-8-18(17)28-21)23-20(25)19-10-9-16(27-19)12-26-15-6-4-5-14(22)11-15/h2-11,13H,12H2,1H3,(H,23,25). The van der Waals surface area contributed by atoms with Crippen molar-refractivity contribution in [2.75, 3.05) is 0 Å². The number of benzene rings is 2. The molecular weight excluding hydrogens is 380 g/mol. The van der Waals surface area contributed by atoms with Gasteiger partial charge >= 0.3 is 0 Å². The summed E-state index contributed by atoms with van der Waals surface area (Å²) in [7, 11) is 0. The number of rotatable bonds is 6. The molecule has 2 aromatic carbocycles. The van der Waals surface area contributed by atoms with Crippen LogP contribution in [0.25, 0.3) is 11.1 Å². The Labute approximate surface area is 166 Å². The maximum atomic E-state index is 12.4. The van der Waals surface area contributed by atoms with Crippen LogP contribution in [-0.2, 0) is 6.61 Å². The third kappa shape index (κ3) is 4.02. The second kappa shape index (κ2) is 7.78. The Bertz CT molecular complexity index is 1090. The van der Waals surface area contributed by atoms with E-state index in [0.717, 1.165) is 5.52 Å². The van der Waals surface area contributed by atoms with Crippen molar-refractivity contribution in [3.05, 3.63) is 83.1 Å². The highest BCUT2D eigenvalue weighted by Crippen LogP contribution is 2.21. The van der Waals surface area contributed by atoms with Gasteiger partial charge in [0.15, 0.2) is 11.3 Å². The van der Waals surface area contributed by atoms with Crippen molar-refractivity contribution in [1.82, 2.24) is 10.3 Å². The molecule has 2 heterocycles. The molecule has 0 saturated heterocycles. The van der Waals surface area contributed by atoms with Crippen molar-refractivity contribution in [2.24, 2.45) is 0 Å². The lowest BCUT2D eigenvalue weighted by molar-refractivity contribution is 0.0902. The van der Waals surface area contributed by atoms with Crippen LogP contribution in [0.2, 0.25) is 5.02 Å². The van der Waals surface area contributed by atoms with Gasteiger partial charge in [-0.25, -0.2) is 4.98 Å². The van der Waals surface area contributed by atoms with Gasteiger partial charge in [-0.2, -0.15) is 0 Å². The normalized spacial score (nSPS) is 12.1. The number of carbonyl (C=O) groups excluding carboxylic acids is 1. The average Bonchev–Trinajstić information content (AvgIpc) is 3.33. The van der Waals surface area contributed by atoms with E-state index in [0.29, 0.717) is 28.0 Å². The van der Waals surface area contributed by atoms with E-state index < -0.39 is 6.04 Å². The number of para-hydroxylation sites is 2. The van der Waals surface area contributed by atoms with Crippen molar-refractivity contribution < 1.29 is 18.4 Å². The molecule has 7 heteroatoms. The molecule has 4 aromatic rings. The zero-order chi connectivity index (χ0) is 19.5. The van der Waals surface area contributed by atoms with E-state index in [1.807, 2.05) is 24.3 Å². The number of carbonyl (C=O) groups is 1. The second-order valence-corrected chi connectivity index (χ2v) is 6.66. The number of hydrogen-bond acceptors (Lipinski definition) is 5. The molecule has 0 radical (unpaired) electrons. The smallest absolute Gasteiger partial charge is 0.287 e. The molecule has 4 rings (SSSR count). The SMILES string of the molecule is CC(NC(=O)c1ccc(COc2cccc(Cl)c2)o1)c1nc2ccccc2o1. The van der Waals surface area contributed by atoms with Crippen LogP contribution in [0.4, 0.5) is 0 Å². The Morgan fingerprint density at radius 3 is 2.82 bits per heavy atom. The molecule has 0 bridgehead atoms. The van der Waals surface area contributed by atoms with Crippen LogP contribution in [0.1, 0.15) is 35.2 Å². The third-order valence-corrected chi connectivity index (χ3v) is 4.33. The number of ether oxygens (including phenoxy) is 1. The Hall–Kier alpha value is -3.25. The van der Waals surface area contributed by atoms with Gasteiger partial charge in [0.25, 0.3) is 5.91 Å². The summed E-state index contributed by atoms with van der Waals surface area (Å²) in [4.78, 5) is 16.8. The first-order chi connectivity index (χ1) is 13.6. The highest BCUT2D eigenvalue weighted by Gasteiger charge is 2.19. The summed E-state index contributed by atoms with van der Waals surface area (Å²) in [5.41, 5.74) is 1.43. The van der Waals surface area contributed by atoms with Crippen LogP contribution in [-0.4, -0.2) is 10.9 Å². The minimum atomic E-state index is -0.406. The first-order valence-corrected chi connectivity index (χ1v) is 9.10. The van der Waals surface area contributed by atoms with Crippen molar-refractivity contribution in [3.63, 3.8) is 0 Å². The Kier molecular flexibility index (Phi) is 5.04. The molecule has 0 fully saturated rings. The van der Waals surface area contributed by atoms with Crippen LogP contribution in [0.5, 0.6) is 5.75 Å². The average molecular weight is 397 g/mol. The van der Waals surface area contributed by atoms with E-state index in [1.54, 1.807) is 43.3 Å². The summed E-state index contributed by atoms with van der Waals surface area (Å²) >= 11 is 5.93. The second-order valence-electron chi connectivity index (χ2n) is 6.23. The Morgan fingerprint density at radius 2 is 2.00 bits per heavy atom. The number of nitrogens with zero attached hydrogens (tertiary/aromatic N) is 1. The minimum Gasteiger partial charge on any atom is -0.486 e. The van der Waals surface area contributed by atoms with Gasteiger partial charge in [-0.3, -0.25) is 4.79 Å². The zero-order valence-electron chi connectivity index (χ0n) is 15.0. The van der Waals surface area contributed by atoms with E-state index in [-0.39, 0.29) is 18.3 Å². The van der Waals surface area contributed by atoms with Gasteiger partial charge < -0.3 is 18.9 Å². The topological polar surface area (TPSA) is 77.5 Å². The summed E-state index contributed by atoms with van der Waals surface area (Å²) in [5.74, 6) is 1.42. The van der Waals surface area contributed by atoms with Gasteiger partial charge in [0.05, 0.1) is 0 Å².